The summed E-state index contributed by atoms with van der Waals surface area (Å²) in [5.74, 6) is 0.360. The third-order valence-corrected chi connectivity index (χ3v) is 5.72. The van der Waals surface area contributed by atoms with Crippen LogP contribution in [0.15, 0.2) is 71.5 Å². The molecule has 0 atom stereocenters. The van der Waals surface area contributed by atoms with E-state index in [1.807, 2.05) is 30.3 Å². The smallest absolute Gasteiger partial charge is 0.220 e. The van der Waals surface area contributed by atoms with Crippen molar-refractivity contribution < 1.29 is 9.84 Å². The van der Waals surface area contributed by atoms with Crippen LogP contribution in [0.1, 0.15) is 11.1 Å². The number of benzene rings is 3. The zero-order valence-electron chi connectivity index (χ0n) is 16.2. The van der Waals surface area contributed by atoms with Crippen molar-refractivity contribution in [3.05, 3.63) is 88.1 Å². The van der Waals surface area contributed by atoms with Gasteiger partial charge in [-0.1, -0.05) is 48.5 Å². The summed E-state index contributed by atoms with van der Waals surface area (Å²) >= 11 is 0. The monoisotopic (exact) mass is 383 g/mol. The van der Waals surface area contributed by atoms with Gasteiger partial charge in [0.2, 0.25) is 5.43 Å². The lowest BCUT2D eigenvalue weighted by atomic mass is 9.89. The third-order valence-electron chi connectivity index (χ3n) is 5.72. The Morgan fingerprint density at radius 1 is 0.966 bits per heavy atom. The number of fused-ring (bicyclic) bond motifs is 4. The van der Waals surface area contributed by atoms with Gasteiger partial charge >= 0.3 is 0 Å². The normalized spacial score (nSPS) is 12.5. The van der Waals surface area contributed by atoms with Crippen LogP contribution >= 0.6 is 0 Å². The Hall–Kier alpha value is -3.37. The van der Waals surface area contributed by atoms with Gasteiger partial charge in [-0.2, -0.15) is 0 Å². The molecule has 0 amide bonds. The quantitative estimate of drug-likeness (QED) is 0.572. The lowest BCUT2D eigenvalue weighted by molar-refractivity contribution is 0.281. The fourth-order valence-corrected chi connectivity index (χ4v) is 4.35. The Kier molecular flexibility index (Phi) is 4.22. The van der Waals surface area contributed by atoms with Crippen molar-refractivity contribution in [3.63, 3.8) is 0 Å². The van der Waals surface area contributed by atoms with Gasteiger partial charge in [-0.25, -0.2) is 0 Å². The molecule has 5 rings (SSSR count). The van der Waals surface area contributed by atoms with E-state index >= 15 is 0 Å². The summed E-state index contributed by atoms with van der Waals surface area (Å²) in [6.07, 6.45) is 0.892. The van der Waals surface area contributed by atoms with E-state index in [1.165, 1.54) is 12.7 Å². The van der Waals surface area contributed by atoms with Gasteiger partial charge < -0.3 is 14.4 Å². The molecule has 2 aromatic rings. The Morgan fingerprint density at radius 2 is 1.79 bits per heavy atom. The standard InChI is InChI=1S/C25H21NO3/c1-29-24-14-21-19(13-23(24)28)12-22-20-8-7-16(15-27)11-18(20)9-10-26(22)25(21)17-5-3-2-4-6-17/h2-8,11-14,27H,9-10,15H2,1H3. The summed E-state index contributed by atoms with van der Waals surface area (Å²) in [5.41, 5.74) is 8.38. The van der Waals surface area contributed by atoms with E-state index in [0.29, 0.717) is 5.75 Å². The van der Waals surface area contributed by atoms with Crippen molar-refractivity contribution in [1.29, 1.82) is 0 Å². The number of ether oxygens (including phenoxy) is 1. The Labute approximate surface area is 169 Å². The SMILES string of the molecule is COc1cc2c(-c3ccccc3)n3c(cc-2cc1=O)-c1ccc(CO)cc1CC3. The Balaban J connectivity index is 1.87. The van der Waals surface area contributed by atoms with E-state index in [4.69, 9.17) is 4.74 Å². The molecule has 29 heavy (non-hydrogen) atoms. The van der Waals surface area contributed by atoms with Crippen molar-refractivity contribution >= 4 is 0 Å². The van der Waals surface area contributed by atoms with E-state index in [0.717, 1.165) is 52.2 Å². The lowest BCUT2D eigenvalue weighted by Gasteiger charge is -2.29. The van der Waals surface area contributed by atoms with Gasteiger partial charge in [-0.15, -0.1) is 0 Å². The van der Waals surface area contributed by atoms with Crippen LogP contribution < -0.4 is 10.2 Å². The van der Waals surface area contributed by atoms with Crippen molar-refractivity contribution in [1.82, 2.24) is 4.57 Å². The number of hydrogen-bond acceptors (Lipinski definition) is 3. The molecule has 4 heteroatoms. The second kappa shape index (κ2) is 6.90. The molecule has 0 bridgehead atoms. The van der Waals surface area contributed by atoms with Gasteiger partial charge in [-0.3, -0.25) is 4.79 Å². The maximum Gasteiger partial charge on any atom is 0.220 e. The summed E-state index contributed by atoms with van der Waals surface area (Å²) in [7, 11) is 1.53. The van der Waals surface area contributed by atoms with E-state index < -0.39 is 0 Å². The molecule has 2 aliphatic heterocycles. The van der Waals surface area contributed by atoms with Crippen LogP contribution in [-0.2, 0) is 19.6 Å². The van der Waals surface area contributed by atoms with Gasteiger partial charge in [0.05, 0.1) is 19.4 Å². The predicted molar refractivity (Wildman–Crippen MR) is 114 cm³/mol. The highest BCUT2D eigenvalue weighted by Gasteiger charge is 2.24. The first-order valence-electron chi connectivity index (χ1n) is 9.73. The second-order valence-electron chi connectivity index (χ2n) is 7.39. The third kappa shape index (κ3) is 2.84. The van der Waals surface area contributed by atoms with E-state index in [2.05, 4.69) is 34.9 Å². The molecule has 4 nitrogen and oxygen atoms in total. The first-order valence-corrected chi connectivity index (χ1v) is 9.73. The molecule has 2 aromatic carbocycles. The highest BCUT2D eigenvalue weighted by molar-refractivity contribution is 5.87. The van der Waals surface area contributed by atoms with Crippen LogP contribution in [0.3, 0.4) is 0 Å². The minimum atomic E-state index is -0.115. The number of rotatable bonds is 3. The molecule has 0 aromatic heterocycles. The topological polar surface area (TPSA) is 51.5 Å². The summed E-state index contributed by atoms with van der Waals surface area (Å²) in [6.45, 7) is 0.873. The van der Waals surface area contributed by atoms with Crippen LogP contribution in [-0.4, -0.2) is 16.8 Å². The van der Waals surface area contributed by atoms with Gasteiger partial charge in [0.15, 0.2) is 5.75 Å². The van der Waals surface area contributed by atoms with Crippen molar-refractivity contribution in [2.75, 3.05) is 7.11 Å². The minimum Gasteiger partial charge on any atom is -0.493 e. The average molecular weight is 383 g/mol. The molecule has 1 aliphatic carbocycles. The van der Waals surface area contributed by atoms with Gasteiger partial charge in [0.1, 0.15) is 0 Å². The summed E-state index contributed by atoms with van der Waals surface area (Å²) < 4.78 is 7.66. The molecular weight excluding hydrogens is 362 g/mol. The molecule has 0 radical (unpaired) electrons. The number of aliphatic hydroxyl groups is 1. The molecule has 1 N–H and O–H groups in total. The molecule has 0 saturated carbocycles. The number of hydrogen-bond donors (Lipinski definition) is 1. The largest absolute Gasteiger partial charge is 0.493 e. The van der Waals surface area contributed by atoms with E-state index in [-0.39, 0.29) is 12.0 Å². The zero-order valence-corrected chi connectivity index (χ0v) is 16.2. The number of aliphatic hydroxyl groups excluding tert-OH is 1. The van der Waals surface area contributed by atoms with Gasteiger partial charge in [0, 0.05) is 23.4 Å². The van der Waals surface area contributed by atoms with Crippen molar-refractivity contribution in [2.45, 2.75) is 19.6 Å². The summed E-state index contributed by atoms with van der Waals surface area (Å²) in [6, 6.07) is 22.0. The zero-order chi connectivity index (χ0) is 20.0. The molecule has 0 spiro atoms. The maximum atomic E-state index is 12.4. The number of aryl methyl sites for hydroxylation is 1. The first-order chi connectivity index (χ1) is 14.2. The number of pyridine rings is 1. The lowest BCUT2D eigenvalue weighted by Crippen LogP contribution is -2.17. The first kappa shape index (κ1) is 17.7. The van der Waals surface area contributed by atoms with E-state index in [1.54, 1.807) is 6.07 Å². The number of aromatic nitrogens is 1. The molecule has 0 saturated heterocycles. The molecule has 144 valence electrons. The highest BCUT2D eigenvalue weighted by atomic mass is 16.5. The summed E-state index contributed by atoms with van der Waals surface area (Å²) in [5, 5.41) is 9.50. The van der Waals surface area contributed by atoms with Crippen molar-refractivity contribution in [2.24, 2.45) is 0 Å². The predicted octanol–water partition coefficient (Wildman–Crippen LogP) is 4.34. The van der Waals surface area contributed by atoms with Crippen LogP contribution in [0.4, 0.5) is 0 Å². The number of nitrogens with zero attached hydrogens (tertiary/aromatic N) is 1. The van der Waals surface area contributed by atoms with Gasteiger partial charge in [0.25, 0.3) is 0 Å². The minimum absolute atomic E-state index is 0.0413. The summed E-state index contributed by atoms with van der Waals surface area (Å²) in [4.78, 5) is 12.4. The molecule has 2 heterocycles. The average Bonchev–Trinajstić information content (AvgIpc) is 2.77. The van der Waals surface area contributed by atoms with Crippen LogP contribution in [0, 0.1) is 0 Å². The van der Waals surface area contributed by atoms with Crippen LogP contribution in [0.2, 0.25) is 0 Å². The molecule has 0 unspecified atom stereocenters. The maximum absolute atomic E-state index is 12.4. The fourth-order valence-electron chi connectivity index (χ4n) is 4.35. The van der Waals surface area contributed by atoms with E-state index in [9.17, 15) is 9.90 Å². The molecule has 0 fully saturated rings. The molecular formula is C25H21NO3. The molecule has 3 aliphatic rings. The van der Waals surface area contributed by atoms with Crippen molar-refractivity contribution in [3.8, 4) is 39.4 Å². The highest BCUT2D eigenvalue weighted by Crippen LogP contribution is 2.42. The Morgan fingerprint density at radius 3 is 2.55 bits per heavy atom. The number of methoxy groups -OCH3 is 1. The van der Waals surface area contributed by atoms with Gasteiger partial charge in [-0.05, 0) is 46.9 Å². The second-order valence-corrected chi connectivity index (χ2v) is 7.39. The Bertz CT molecular complexity index is 1240. The van der Waals surface area contributed by atoms with Crippen LogP contribution in [0.5, 0.6) is 5.75 Å². The fraction of sp³-hybridized carbons (Fsp3) is 0.160. The van der Waals surface area contributed by atoms with Crippen LogP contribution in [0.25, 0.3) is 33.6 Å².